The molecule has 5 heterocycles. The number of anilines is 2. The molecule has 1 fully saturated rings. The number of hydrogen-bond donors (Lipinski definition) is 5. The van der Waals surface area contributed by atoms with Gasteiger partial charge in [0.2, 0.25) is 18.1 Å². The van der Waals surface area contributed by atoms with Gasteiger partial charge in [0.25, 0.3) is 5.91 Å². The van der Waals surface area contributed by atoms with Gasteiger partial charge in [0.15, 0.2) is 0 Å². The number of pyridine rings is 2. The largest absolute Gasteiger partial charge is 0.478 e. The number of carboxylic acids is 1. The number of nitrogen functional groups attached to an aromatic ring is 1. The second kappa shape index (κ2) is 18.5. The Balaban J connectivity index is 0.000000254. The summed E-state index contributed by atoms with van der Waals surface area (Å²) in [7, 11) is 1.31. The molecule has 53 heavy (non-hydrogen) atoms. The van der Waals surface area contributed by atoms with Crippen LogP contribution in [-0.2, 0) is 22.6 Å². The van der Waals surface area contributed by atoms with Crippen LogP contribution < -0.4 is 27.3 Å². The van der Waals surface area contributed by atoms with Gasteiger partial charge in [-0.2, -0.15) is 5.10 Å². The molecule has 18 heteroatoms. The van der Waals surface area contributed by atoms with Crippen LogP contribution in [0.4, 0.5) is 11.6 Å². The number of ether oxygens (including phenoxy) is 3. The number of esters is 1. The SMILES string of the molecule is CCn1nc(C)cc1C(=O)Nc1nc2cc(C(N)=O)cc(OC3CCO3)c2n1CC=CCN.COC(=O)c1cncc(N)c1.O=C(O)c1cccnc1. The second-order valence-electron chi connectivity index (χ2n) is 11.2. The average molecular weight is 729 g/mol. The van der Waals surface area contributed by atoms with Gasteiger partial charge < -0.3 is 41.1 Å². The van der Waals surface area contributed by atoms with Crippen molar-refractivity contribution in [2.75, 3.05) is 31.3 Å². The minimum atomic E-state index is -0.942. The van der Waals surface area contributed by atoms with Crippen molar-refractivity contribution < 1.29 is 38.5 Å². The lowest BCUT2D eigenvalue weighted by molar-refractivity contribution is -0.164. The first-order valence-corrected chi connectivity index (χ1v) is 16.2. The van der Waals surface area contributed by atoms with Crippen LogP contribution in [0.15, 0.2) is 73.3 Å². The van der Waals surface area contributed by atoms with Gasteiger partial charge in [-0.05, 0) is 50.2 Å². The number of carbonyl (C=O) groups excluding carboxylic acids is 3. The van der Waals surface area contributed by atoms with Crippen molar-refractivity contribution in [3.8, 4) is 5.75 Å². The number of aryl methyl sites for hydroxylation is 2. The Morgan fingerprint density at radius 3 is 2.40 bits per heavy atom. The standard InChI is InChI=1S/C22H27N7O4.C7H8N2O2.C6H5NO2/c1-3-29-16(10-13(2)27-29)21(31)26-22-25-15-11-14(20(24)30)12-17(33-18-6-9-32-18)19(15)28(22)8-5-4-7-23;1-11-7(10)5-2-6(8)4-9-3-5;8-6(9)5-2-1-3-7-4-5/h4-5,10-12,18H,3,6-9,23H2,1-2H3,(H2,24,30)(H,25,26,31);2-4H,8H2,1H3;1-4H,(H,8,9). The quantitative estimate of drug-likeness (QED) is 0.0967. The molecule has 4 aromatic heterocycles. The summed E-state index contributed by atoms with van der Waals surface area (Å²) >= 11 is 0. The highest BCUT2D eigenvalue weighted by atomic mass is 16.7. The van der Waals surface area contributed by atoms with Crippen molar-refractivity contribution in [2.24, 2.45) is 11.5 Å². The summed E-state index contributed by atoms with van der Waals surface area (Å²) in [6.07, 6.45) is 9.69. The molecule has 5 aromatic rings. The summed E-state index contributed by atoms with van der Waals surface area (Å²) in [5, 5.41) is 15.5. The number of methoxy groups -OCH3 is 1. The molecule has 0 radical (unpaired) electrons. The molecule has 0 saturated carbocycles. The van der Waals surface area contributed by atoms with E-state index in [1.54, 1.807) is 39.6 Å². The number of fused-ring (bicyclic) bond motifs is 1. The molecule has 278 valence electrons. The van der Waals surface area contributed by atoms with Crippen LogP contribution in [0.2, 0.25) is 0 Å². The highest BCUT2D eigenvalue weighted by Gasteiger charge is 2.25. The average Bonchev–Trinajstić information content (AvgIpc) is 3.69. The van der Waals surface area contributed by atoms with Crippen molar-refractivity contribution in [3.63, 3.8) is 0 Å². The van der Waals surface area contributed by atoms with Gasteiger partial charge in [0.1, 0.15) is 17.0 Å². The van der Waals surface area contributed by atoms with Gasteiger partial charge in [-0.3, -0.25) is 29.6 Å². The van der Waals surface area contributed by atoms with Crippen molar-refractivity contribution in [1.82, 2.24) is 29.3 Å². The number of primary amides is 1. The molecule has 0 aliphatic carbocycles. The molecule has 1 aliphatic heterocycles. The maximum Gasteiger partial charge on any atom is 0.339 e. The number of rotatable bonds is 11. The van der Waals surface area contributed by atoms with Crippen molar-refractivity contribution in [1.29, 1.82) is 0 Å². The maximum absolute atomic E-state index is 13.1. The lowest BCUT2D eigenvalue weighted by Gasteiger charge is -2.27. The molecule has 6 rings (SSSR count). The highest BCUT2D eigenvalue weighted by molar-refractivity contribution is 6.04. The Kier molecular flexibility index (Phi) is 13.7. The van der Waals surface area contributed by atoms with Gasteiger partial charge in [-0.25, -0.2) is 14.6 Å². The van der Waals surface area contributed by atoms with Crippen LogP contribution in [0, 0.1) is 6.92 Å². The topological polar surface area (TPSA) is 268 Å². The Hall–Kier alpha value is -6.66. The summed E-state index contributed by atoms with van der Waals surface area (Å²) in [4.78, 5) is 57.9. The van der Waals surface area contributed by atoms with Crippen LogP contribution in [0.25, 0.3) is 11.0 Å². The van der Waals surface area contributed by atoms with Gasteiger partial charge in [0.05, 0.1) is 41.7 Å². The van der Waals surface area contributed by atoms with Crippen LogP contribution in [0.5, 0.6) is 5.75 Å². The lowest BCUT2D eigenvalue weighted by Crippen LogP contribution is -2.32. The first-order valence-electron chi connectivity index (χ1n) is 16.2. The van der Waals surface area contributed by atoms with E-state index in [0.717, 1.165) is 12.1 Å². The van der Waals surface area contributed by atoms with Gasteiger partial charge in [0, 0.05) is 56.4 Å². The maximum atomic E-state index is 13.1. The summed E-state index contributed by atoms with van der Waals surface area (Å²) in [5.74, 6) is -1.64. The zero-order valence-corrected chi connectivity index (χ0v) is 29.3. The molecular weight excluding hydrogens is 688 g/mol. The lowest BCUT2D eigenvalue weighted by atomic mass is 10.1. The predicted octanol–water partition coefficient (Wildman–Crippen LogP) is 2.78. The third-order valence-electron chi connectivity index (χ3n) is 7.35. The molecule has 1 atom stereocenters. The molecule has 1 saturated heterocycles. The Bertz CT molecular complexity index is 2090. The molecule has 0 bridgehead atoms. The van der Waals surface area contributed by atoms with Gasteiger partial charge in [-0.15, -0.1) is 0 Å². The zero-order valence-electron chi connectivity index (χ0n) is 29.3. The molecular formula is C35H40N10O8. The number of imidazole rings is 1. The van der Waals surface area contributed by atoms with Crippen molar-refractivity contribution in [3.05, 3.63) is 101 Å². The number of nitrogens with zero attached hydrogens (tertiary/aromatic N) is 6. The van der Waals surface area contributed by atoms with Crippen molar-refractivity contribution in [2.45, 2.75) is 39.6 Å². The molecule has 8 N–H and O–H groups in total. The zero-order chi connectivity index (χ0) is 38.5. The molecule has 1 aromatic carbocycles. The van der Waals surface area contributed by atoms with Crippen LogP contribution in [0.1, 0.15) is 60.6 Å². The van der Waals surface area contributed by atoms with E-state index < -0.39 is 24.1 Å². The van der Waals surface area contributed by atoms with E-state index in [2.05, 4.69) is 30.1 Å². The smallest absolute Gasteiger partial charge is 0.339 e. The second-order valence-corrected chi connectivity index (χ2v) is 11.2. The van der Waals surface area contributed by atoms with Crippen LogP contribution >= 0.6 is 0 Å². The van der Waals surface area contributed by atoms with E-state index in [1.807, 2.05) is 19.9 Å². The number of nitrogens with two attached hydrogens (primary N) is 3. The third kappa shape index (κ3) is 10.4. The number of amides is 2. The van der Waals surface area contributed by atoms with Crippen LogP contribution in [0.3, 0.4) is 0 Å². The minimum absolute atomic E-state index is 0.220. The number of benzene rings is 1. The van der Waals surface area contributed by atoms with Crippen LogP contribution in [-0.4, -0.2) is 84.7 Å². The van der Waals surface area contributed by atoms with E-state index in [1.165, 1.54) is 44.0 Å². The highest BCUT2D eigenvalue weighted by Crippen LogP contribution is 2.33. The molecule has 18 nitrogen and oxygen atoms in total. The van der Waals surface area contributed by atoms with E-state index in [-0.39, 0.29) is 17.0 Å². The number of hydrogen-bond acceptors (Lipinski definition) is 13. The number of carboxylic acid groups (broad SMARTS) is 1. The Morgan fingerprint density at radius 1 is 1.08 bits per heavy atom. The number of aromatic carboxylic acids is 1. The summed E-state index contributed by atoms with van der Waals surface area (Å²) in [6.45, 7) is 5.63. The fraction of sp³-hybridized carbons (Fsp3) is 0.257. The number of aromatic nitrogens is 6. The molecule has 0 spiro atoms. The van der Waals surface area contributed by atoms with Crippen molar-refractivity contribution >= 4 is 46.4 Å². The van der Waals surface area contributed by atoms with E-state index in [9.17, 15) is 19.2 Å². The fourth-order valence-electron chi connectivity index (χ4n) is 4.77. The Labute approximate surface area is 303 Å². The summed E-state index contributed by atoms with van der Waals surface area (Å²) in [5.41, 5.74) is 20.0. The first-order chi connectivity index (χ1) is 25.4. The monoisotopic (exact) mass is 728 g/mol. The van der Waals surface area contributed by atoms with Gasteiger partial charge >= 0.3 is 11.9 Å². The summed E-state index contributed by atoms with van der Waals surface area (Å²) in [6, 6.07) is 9.45. The number of carbonyl (C=O) groups is 4. The number of allylic oxidation sites excluding steroid dienone is 1. The molecule has 2 amide bonds. The van der Waals surface area contributed by atoms with E-state index >= 15 is 0 Å². The normalized spacial score (nSPS) is 13.2. The number of nitrogens with one attached hydrogen (secondary N) is 1. The Morgan fingerprint density at radius 2 is 1.83 bits per heavy atom. The molecule has 1 unspecified atom stereocenters. The van der Waals surface area contributed by atoms with E-state index in [4.69, 9.17) is 31.8 Å². The predicted molar refractivity (Wildman–Crippen MR) is 193 cm³/mol. The fourth-order valence-corrected chi connectivity index (χ4v) is 4.77. The minimum Gasteiger partial charge on any atom is -0.478 e. The molecule has 1 aliphatic rings. The van der Waals surface area contributed by atoms with E-state index in [0.29, 0.717) is 65.9 Å². The van der Waals surface area contributed by atoms with Gasteiger partial charge in [-0.1, -0.05) is 12.2 Å². The summed E-state index contributed by atoms with van der Waals surface area (Å²) < 4.78 is 19.2. The first kappa shape index (κ1) is 39.1. The third-order valence-corrected chi connectivity index (χ3v) is 7.35.